The van der Waals surface area contributed by atoms with E-state index in [4.69, 9.17) is 9.47 Å². The molecule has 0 bridgehead atoms. The van der Waals surface area contributed by atoms with Gasteiger partial charge >= 0.3 is 5.97 Å². The molecule has 0 aliphatic rings. The van der Waals surface area contributed by atoms with E-state index in [9.17, 15) is 4.79 Å². The summed E-state index contributed by atoms with van der Waals surface area (Å²) in [5.41, 5.74) is 1.14. The standard InChI is InChI=1S/C16H19BrO3/c1-3-19-16(18)11-13(2)20-10-9-15(17)12-14-7-5-4-6-8-14/h4-8,11-12H,3,9-10H2,1-2H3/b13-11+,15-12+. The first-order valence-corrected chi connectivity index (χ1v) is 7.30. The van der Waals surface area contributed by atoms with Gasteiger partial charge in [-0.3, -0.25) is 0 Å². The number of halogens is 1. The molecule has 0 aliphatic heterocycles. The molecular weight excluding hydrogens is 320 g/mol. The Bertz CT molecular complexity index is 478. The second-order valence-corrected chi connectivity index (χ2v) is 5.13. The summed E-state index contributed by atoms with van der Waals surface area (Å²) in [6, 6.07) is 10.0. The van der Waals surface area contributed by atoms with Gasteiger partial charge in [0.1, 0.15) is 5.76 Å². The van der Waals surface area contributed by atoms with Crippen molar-refractivity contribution in [2.75, 3.05) is 13.2 Å². The highest BCUT2D eigenvalue weighted by atomic mass is 79.9. The van der Waals surface area contributed by atoms with Crippen molar-refractivity contribution in [3.05, 3.63) is 52.2 Å². The third-order valence-corrected chi connectivity index (χ3v) is 3.03. The van der Waals surface area contributed by atoms with E-state index < -0.39 is 0 Å². The summed E-state index contributed by atoms with van der Waals surface area (Å²) < 4.78 is 11.3. The first-order chi connectivity index (χ1) is 9.61. The number of carbonyl (C=O) groups excluding carboxylic acids is 1. The average molecular weight is 339 g/mol. The van der Waals surface area contributed by atoms with Crippen LogP contribution in [-0.4, -0.2) is 19.2 Å². The van der Waals surface area contributed by atoms with Crippen molar-refractivity contribution in [3.8, 4) is 0 Å². The second-order valence-electron chi connectivity index (χ2n) is 4.11. The molecule has 0 atom stereocenters. The number of esters is 1. The first-order valence-electron chi connectivity index (χ1n) is 6.50. The van der Waals surface area contributed by atoms with Crippen molar-refractivity contribution in [3.63, 3.8) is 0 Å². The minimum Gasteiger partial charge on any atom is -0.498 e. The van der Waals surface area contributed by atoms with Gasteiger partial charge in [0.2, 0.25) is 0 Å². The van der Waals surface area contributed by atoms with Gasteiger partial charge in [0.05, 0.1) is 19.3 Å². The lowest BCUT2D eigenvalue weighted by molar-refractivity contribution is -0.137. The highest BCUT2D eigenvalue weighted by Crippen LogP contribution is 2.16. The molecule has 0 aromatic heterocycles. The van der Waals surface area contributed by atoms with E-state index in [1.165, 1.54) is 6.08 Å². The molecule has 0 unspecified atom stereocenters. The predicted octanol–water partition coefficient (Wildman–Crippen LogP) is 4.30. The molecule has 1 aromatic rings. The topological polar surface area (TPSA) is 35.5 Å². The number of carbonyl (C=O) groups is 1. The number of allylic oxidation sites excluding steroid dienone is 1. The molecule has 108 valence electrons. The molecule has 4 heteroatoms. The fraction of sp³-hybridized carbons (Fsp3) is 0.312. The number of hydrogen-bond acceptors (Lipinski definition) is 3. The van der Waals surface area contributed by atoms with Crippen molar-refractivity contribution >= 4 is 28.0 Å². The van der Waals surface area contributed by atoms with Gasteiger partial charge in [0.25, 0.3) is 0 Å². The monoisotopic (exact) mass is 338 g/mol. The highest BCUT2D eigenvalue weighted by Gasteiger charge is 2.00. The van der Waals surface area contributed by atoms with Gasteiger partial charge in [-0.05, 0) is 30.0 Å². The van der Waals surface area contributed by atoms with Gasteiger partial charge in [-0.25, -0.2) is 4.79 Å². The lowest BCUT2D eigenvalue weighted by Gasteiger charge is -2.06. The van der Waals surface area contributed by atoms with Crippen LogP contribution < -0.4 is 0 Å². The third-order valence-electron chi connectivity index (χ3n) is 2.40. The Morgan fingerprint density at radius 1 is 1.25 bits per heavy atom. The molecule has 0 fully saturated rings. The van der Waals surface area contributed by atoms with Crippen molar-refractivity contribution in [2.45, 2.75) is 20.3 Å². The summed E-state index contributed by atoms with van der Waals surface area (Å²) in [5, 5.41) is 0. The summed E-state index contributed by atoms with van der Waals surface area (Å²) >= 11 is 3.51. The molecule has 0 spiro atoms. The Kier molecular flexibility index (Phi) is 7.73. The Hall–Kier alpha value is -1.55. The number of benzene rings is 1. The van der Waals surface area contributed by atoms with E-state index in [1.54, 1.807) is 13.8 Å². The molecular formula is C16H19BrO3. The van der Waals surface area contributed by atoms with Crippen LogP contribution in [-0.2, 0) is 14.3 Å². The zero-order valence-corrected chi connectivity index (χ0v) is 13.4. The maximum absolute atomic E-state index is 11.2. The van der Waals surface area contributed by atoms with Crippen LogP contribution in [0.2, 0.25) is 0 Å². The minimum absolute atomic E-state index is 0.369. The molecule has 0 heterocycles. The quantitative estimate of drug-likeness (QED) is 0.422. The lowest BCUT2D eigenvalue weighted by Crippen LogP contribution is -2.02. The van der Waals surface area contributed by atoms with Crippen LogP contribution in [0.15, 0.2) is 46.6 Å². The third kappa shape index (κ3) is 7.14. The van der Waals surface area contributed by atoms with E-state index in [1.807, 2.05) is 36.4 Å². The largest absolute Gasteiger partial charge is 0.498 e. The van der Waals surface area contributed by atoms with Crippen molar-refractivity contribution in [2.24, 2.45) is 0 Å². The van der Waals surface area contributed by atoms with Gasteiger partial charge in [0, 0.05) is 6.42 Å². The van der Waals surface area contributed by atoms with Gasteiger partial charge < -0.3 is 9.47 Å². The Morgan fingerprint density at radius 3 is 2.60 bits per heavy atom. The fourth-order valence-corrected chi connectivity index (χ4v) is 1.93. The second kappa shape index (κ2) is 9.37. The molecule has 0 saturated carbocycles. The van der Waals surface area contributed by atoms with E-state index in [-0.39, 0.29) is 5.97 Å². The molecule has 0 radical (unpaired) electrons. The summed E-state index contributed by atoms with van der Waals surface area (Å²) in [7, 11) is 0. The molecule has 3 nitrogen and oxygen atoms in total. The molecule has 0 aliphatic carbocycles. The maximum Gasteiger partial charge on any atom is 0.334 e. The summed E-state index contributed by atoms with van der Waals surface area (Å²) in [5.74, 6) is 0.187. The fourth-order valence-electron chi connectivity index (χ4n) is 1.50. The summed E-state index contributed by atoms with van der Waals surface area (Å²) in [6.45, 7) is 4.39. The van der Waals surface area contributed by atoms with Crippen molar-refractivity contribution < 1.29 is 14.3 Å². The van der Waals surface area contributed by atoms with Crippen molar-refractivity contribution in [1.82, 2.24) is 0 Å². The number of ether oxygens (including phenoxy) is 2. The average Bonchev–Trinajstić information content (AvgIpc) is 2.39. The smallest absolute Gasteiger partial charge is 0.334 e. The van der Waals surface area contributed by atoms with Crippen LogP contribution in [0.1, 0.15) is 25.8 Å². The first kappa shape index (κ1) is 16.5. The molecule has 1 aromatic carbocycles. The lowest BCUT2D eigenvalue weighted by atomic mass is 10.2. The SMILES string of the molecule is CCOC(=O)/C=C(\C)OCC/C(Br)=C\c1ccccc1. The number of hydrogen-bond donors (Lipinski definition) is 0. The van der Waals surface area contributed by atoms with E-state index in [2.05, 4.69) is 15.9 Å². The normalized spacial score (nSPS) is 12.2. The van der Waals surface area contributed by atoms with Crippen LogP contribution in [0.25, 0.3) is 6.08 Å². The maximum atomic E-state index is 11.2. The highest BCUT2D eigenvalue weighted by molar-refractivity contribution is 9.11. The molecule has 0 saturated heterocycles. The molecule has 20 heavy (non-hydrogen) atoms. The van der Waals surface area contributed by atoms with E-state index in [0.29, 0.717) is 19.0 Å². The molecule has 0 N–H and O–H groups in total. The van der Waals surface area contributed by atoms with Crippen molar-refractivity contribution in [1.29, 1.82) is 0 Å². The Labute approximate surface area is 128 Å². The van der Waals surface area contributed by atoms with Gasteiger partial charge in [-0.2, -0.15) is 0 Å². The van der Waals surface area contributed by atoms with Crippen LogP contribution in [0.4, 0.5) is 0 Å². The molecule has 0 amide bonds. The van der Waals surface area contributed by atoms with Crippen LogP contribution in [0, 0.1) is 0 Å². The summed E-state index contributed by atoms with van der Waals surface area (Å²) in [6.07, 6.45) is 4.15. The molecule has 1 rings (SSSR count). The van der Waals surface area contributed by atoms with E-state index in [0.717, 1.165) is 16.5 Å². The minimum atomic E-state index is -0.371. The van der Waals surface area contributed by atoms with Gasteiger partial charge in [-0.15, -0.1) is 0 Å². The Balaban J connectivity index is 2.37. The zero-order chi connectivity index (χ0) is 14.8. The zero-order valence-electron chi connectivity index (χ0n) is 11.8. The number of rotatable bonds is 7. The van der Waals surface area contributed by atoms with Crippen LogP contribution in [0.3, 0.4) is 0 Å². The van der Waals surface area contributed by atoms with Gasteiger partial charge in [0.15, 0.2) is 0 Å². The van der Waals surface area contributed by atoms with Crippen LogP contribution >= 0.6 is 15.9 Å². The van der Waals surface area contributed by atoms with Gasteiger partial charge in [-0.1, -0.05) is 46.3 Å². The summed E-state index contributed by atoms with van der Waals surface area (Å²) in [4.78, 5) is 11.2. The van der Waals surface area contributed by atoms with E-state index >= 15 is 0 Å². The predicted molar refractivity (Wildman–Crippen MR) is 84.3 cm³/mol. The Morgan fingerprint density at radius 2 is 1.95 bits per heavy atom. The van der Waals surface area contributed by atoms with Crippen LogP contribution in [0.5, 0.6) is 0 Å².